The second-order valence-electron chi connectivity index (χ2n) is 5.75. The standard InChI is InChI=1S/C19H24N2O4/c1-6-11-25-15-10-8-9-14(12-15)17-16(18(22)24-7-2)13(3)20(4)19(23)21(17)5/h6,8-10,12,17H,1,7,11H2,2-5H3/t17-/m0/s1. The molecule has 2 amide bonds. The summed E-state index contributed by atoms with van der Waals surface area (Å²) in [6.07, 6.45) is 1.66. The third kappa shape index (κ3) is 3.68. The minimum atomic E-state index is -0.532. The number of rotatable bonds is 6. The molecule has 25 heavy (non-hydrogen) atoms. The van der Waals surface area contributed by atoms with Gasteiger partial charge in [-0.15, -0.1) is 0 Å². The highest BCUT2D eigenvalue weighted by atomic mass is 16.5. The van der Waals surface area contributed by atoms with Gasteiger partial charge in [-0.3, -0.25) is 0 Å². The summed E-state index contributed by atoms with van der Waals surface area (Å²) >= 11 is 0. The summed E-state index contributed by atoms with van der Waals surface area (Å²) in [5.74, 6) is 0.228. The Balaban J connectivity index is 2.52. The number of hydrogen-bond acceptors (Lipinski definition) is 4. The predicted molar refractivity (Wildman–Crippen MR) is 95.1 cm³/mol. The van der Waals surface area contributed by atoms with E-state index in [9.17, 15) is 9.59 Å². The minimum Gasteiger partial charge on any atom is -0.490 e. The molecule has 1 aromatic carbocycles. The first-order valence-corrected chi connectivity index (χ1v) is 8.14. The van der Waals surface area contributed by atoms with Gasteiger partial charge in [-0.05, 0) is 31.5 Å². The van der Waals surface area contributed by atoms with Crippen LogP contribution in [0.4, 0.5) is 4.79 Å². The van der Waals surface area contributed by atoms with Gasteiger partial charge in [0, 0.05) is 19.8 Å². The molecule has 1 aliphatic rings. The highest BCUT2D eigenvalue weighted by Crippen LogP contribution is 2.37. The largest absolute Gasteiger partial charge is 0.490 e. The summed E-state index contributed by atoms with van der Waals surface area (Å²) in [6, 6.07) is 6.64. The average molecular weight is 344 g/mol. The van der Waals surface area contributed by atoms with Crippen LogP contribution in [0.25, 0.3) is 0 Å². The maximum Gasteiger partial charge on any atom is 0.338 e. The van der Waals surface area contributed by atoms with Gasteiger partial charge < -0.3 is 19.3 Å². The highest BCUT2D eigenvalue weighted by Gasteiger charge is 2.39. The van der Waals surface area contributed by atoms with Crippen molar-refractivity contribution in [1.29, 1.82) is 0 Å². The lowest BCUT2D eigenvalue weighted by atomic mass is 9.93. The number of carbonyl (C=O) groups is 2. The fourth-order valence-corrected chi connectivity index (χ4v) is 2.85. The number of benzene rings is 1. The number of carbonyl (C=O) groups excluding carboxylic acids is 2. The molecule has 0 fully saturated rings. The molecule has 0 saturated carbocycles. The van der Waals surface area contributed by atoms with E-state index in [4.69, 9.17) is 9.47 Å². The first-order valence-electron chi connectivity index (χ1n) is 8.14. The zero-order chi connectivity index (χ0) is 18.6. The molecule has 1 aromatic rings. The Morgan fingerprint density at radius 2 is 2.08 bits per heavy atom. The van der Waals surface area contributed by atoms with Crippen LogP contribution in [0.2, 0.25) is 0 Å². The number of amides is 2. The van der Waals surface area contributed by atoms with Crippen molar-refractivity contribution in [3.05, 3.63) is 53.8 Å². The van der Waals surface area contributed by atoms with Gasteiger partial charge in [0.2, 0.25) is 0 Å². The fraction of sp³-hybridized carbons (Fsp3) is 0.368. The van der Waals surface area contributed by atoms with E-state index in [1.807, 2.05) is 24.3 Å². The summed E-state index contributed by atoms with van der Waals surface area (Å²) in [5, 5.41) is 0. The fourth-order valence-electron chi connectivity index (χ4n) is 2.85. The third-order valence-corrected chi connectivity index (χ3v) is 4.18. The van der Waals surface area contributed by atoms with E-state index in [2.05, 4.69) is 6.58 Å². The Morgan fingerprint density at radius 1 is 1.36 bits per heavy atom. The van der Waals surface area contributed by atoms with Gasteiger partial charge in [0.15, 0.2) is 0 Å². The van der Waals surface area contributed by atoms with Crippen molar-refractivity contribution in [3.8, 4) is 5.75 Å². The maximum absolute atomic E-state index is 12.6. The molecule has 0 aromatic heterocycles. The lowest BCUT2D eigenvalue weighted by Gasteiger charge is -2.39. The predicted octanol–water partition coefficient (Wildman–Crippen LogP) is 3.13. The second kappa shape index (κ2) is 7.88. The Hall–Kier alpha value is -2.76. The number of urea groups is 1. The topological polar surface area (TPSA) is 59.1 Å². The van der Waals surface area contributed by atoms with E-state index in [0.717, 1.165) is 5.56 Å². The Morgan fingerprint density at radius 3 is 2.72 bits per heavy atom. The zero-order valence-electron chi connectivity index (χ0n) is 15.1. The zero-order valence-corrected chi connectivity index (χ0v) is 15.1. The van der Waals surface area contributed by atoms with Gasteiger partial charge in [-0.25, -0.2) is 9.59 Å². The molecule has 0 spiro atoms. The molecule has 6 heteroatoms. The van der Waals surface area contributed by atoms with Crippen molar-refractivity contribution >= 4 is 12.0 Å². The van der Waals surface area contributed by atoms with Gasteiger partial charge in [0.05, 0.1) is 18.2 Å². The monoisotopic (exact) mass is 344 g/mol. The first kappa shape index (κ1) is 18.6. The molecule has 2 rings (SSSR count). The molecule has 1 atom stereocenters. The van der Waals surface area contributed by atoms with Crippen molar-refractivity contribution in [2.45, 2.75) is 19.9 Å². The van der Waals surface area contributed by atoms with Crippen molar-refractivity contribution in [2.24, 2.45) is 0 Å². The Kier molecular flexibility index (Phi) is 5.85. The lowest BCUT2D eigenvalue weighted by Crippen LogP contribution is -2.47. The normalized spacial score (nSPS) is 17.6. The molecular formula is C19H24N2O4. The summed E-state index contributed by atoms with van der Waals surface area (Å²) in [7, 11) is 3.32. The van der Waals surface area contributed by atoms with Gasteiger partial charge in [0.1, 0.15) is 12.4 Å². The summed E-state index contributed by atoms with van der Waals surface area (Å²) in [5.41, 5.74) is 1.82. The van der Waals surface area contributed by atoms with E-state index in [0.29, 0.717) is 23.6 Å². The molecular weight excluding hydrogens is 320 g/mol. The van der Waals surface area contributed by atoms with Gasteiger partial charge in [-0.1, -0.05) is 24.8 Å². The molecule has 0 N–H and O–H groups in total. The van der Waals surface area contributed by atoms with Crippen LogP contribution in [0.3, 0.4) is 0 Å². The second-order valence-corrected chi connectivity index (χ2v) is 5.75. The van der Waals surface area contributed by atoms with E-state index >= 15 is 0 Å². The Labute approximate surface area is 148 Å². The van der Waals surface area contributed by atoms with Crippen LogP contribution in [0.1, 0.15) is 25.5 Å². The van der Waals surface area contributed by atoms with E-state index < -0.39 is 12.0 Å². The summed E-state index contributed by atoms with van der Waals surface area (Å²) < 4.78 is 10.8. The van der Waals surface area contributed by atoms with Crippen LogP contribution >= 0.6 is 0 Å². The highest BCUT2D eigenvalue weighted by molar-refractivity contribution is 5.94. The summed E-state index contributed by atoms with van der Waals surface area (Å²) in [4.78, 5) is 28.1. The van der Waals surface area contributed by atoms with E-state index in [1.54, 1.807) is 34.0 Å². The van der Waals surface area contributed by atoms with Crippen molar-refractivity contribution in [3.63, 3.8) is 0 Å². The molecule has 134 valence electrons. The number of hydrogen-bond donors (Lipinski definition) is 0. The van der Waals surface area contributed by atoms with Crippen molar-refractivity contribution in [1.82, 2.24) is 9.80 Å². The molecule has 1 aliphatic heterocycles. The lowest BCUT2D eigenvalue weighted by molar-refractivity contribution is -0.139. The quantitative estimate of drug-likeness (QED) is 0.588. The van der Waals surface area contributed by atoms with Crippen LogP contribution in [-0.4, -0.2) is 49.1 Å². The van der Waals surface area contributed by atoms with Crippen LogP contribution in [0.15, 0.2) is 48.2 Å². The third-order valence-electron chi connectivity index (χ3n) is 4.18. The number of allylic oxidation sites excluding steroid dienone is 1. The van der Waals surface area contributed by atoms with Gasteiger partial charge in [-0.2, -0.15) is 0 Å². The number of esters is 1. The van der Waals surface area contributed by atoms with Crippen molar-refractivity contribution in [2.75, 3.05) is 27.3 Å². The van der Waals surface area contributed by atoms with Crippen LogP contribution in [-0.2, 0) is 9.53 Å². The minimum absolute atomic E-state index is 0.187. The first-order chi connectivity index (χ1) is 11.9. The molecule has 1 heterocycles. The average Bonchev–Trinajstić information content (AvgIpc) is 2.61. The molecule has 0 aliphatic carbocycles. The molecule has 0 bridgehead atoms. The Bertz CT molecular complexity index is 711. The molecule has 0 radical (unpaired) electrons. The number of ether oxygens (including phenoxy) is 2. The SMILES string of the molecule is C=CCOc1cccc([C@H]2C(C(=O)OCC)=C(C)N(C)C(=O)N2C)c1. The number of nitrogens with zero attached hydrogens (tertiary/aromatic N) is 2. The van der Waals surface area contributed by atoms with E-state index in [1.165, 1.54) is 9.80 Å². The van der Waals surface area contributed by atoms with Crippen LogP contribution < -0.4 is 4.74 Å². The van der Waals surface area contributed by atoms with Gasteiger partial charge in [0.25, 0.3) is 0 Å². The van der Waals surface area contributed by atoms with Crippen LogP contribution in [0, 0.1) is 0 Å². The van der Waals surface area contributed by atoms with E-state index in [-0.39, 0.29) is 12.6 Å². The van der Waals surface area contributed by atoms with Gasteiger partial charge >= 0.3 is 12.0 Å². The summed E-state index contributed by atoms with van der Waals surface area (Å²) in [6.45, 7) is 7.79. The smallest absolute Gasteiger partial charge is 0.338 e. The number of likely N-dealkylation sites (N-methyl/N-ethyl adjacent to an activating group) is 1. The van der Waals surface area contributed by atoms with Crippen molar-refractivity contribution < 1.29 is 19.1 Å². The molecule has 0 unspecified atom stereocenters. The molecule has 0 saturated heterocycles. The maximum atomic E-state index is 12.6. The molecule has 6 nitrogen and oxygen atoms in total. The van der Waals surface area contributed by atoms with Crippen LogP contribution in [0.5, 0.6) is 5.75 Å².